The first-order valence-corrected chi connectivity index (χ1v) is 9.76. The highest BCUT2D eigenvalue weighted by atomic mass is 35.5. The molecule has 2 amide bonds. The summed E-state index contributed by atoms with van der Waals surface area (Å²) in [7, 11) is 0. The molecule has 144 valence electrons. The van der Waals surface area contributed by atoms with Crippen molar-refractivity contribution in [2.75, 3.05) is 19.6 Å². The van der Waals surface area contributed by atoms with Gasteiger partial charge >= 0.3 is 6.09 Å². The molecule has 1 aliphatic carbocycles. The molecule has 6 nitrogen and oxygen atoms in total. The molecule has 7 heteroatoms. The minimum Gasteiger partial charge on any atom is -0.465 e. The molecule has 0 unspecified atom stereocenters. The van der Waals surface area contributed by atoms with E-state index in [4.69, 9.17) is 22.0 Å². The Balaban J connectivity index is 1.70. The van der Waals surface area contributed by atoms with E-state index < -0.39 is 6.09 Å². The first-order chi connectivity index (χ1) is 13.0. The van der Waals surface area contributed by atoms with Crippen LogP contribution in [0.3, 0.4) is 0 Å². The predicted octanol–water partition coefficient (Wildman–Crippen LogP) is 3.48. The Kier molecular flexibility index (Phi) is 6.22. The number of hydrogen-bond acceptors (Lipinski definition) is 3. The number of likely N-dealkylation sites (tertiary alicyclic amines) is 1. The van der Waals surface area contributed by atoms with Crippen LogP contribution < -0.4 is 5.32 Å². The van der Waals surface area contributed by atoms with Gasteiger partial charge in [-0.2, -0.15) is 5.26 Å². The highest BCUT2D eigenvalue weighted by molar-refractivity contribution is 6.30. The Bertz CT molecular complexity index is 723. The highest BCUT2D eigenvalue weighted by Gasteiger charge is 2.39. The smallest absolute Gasteiger partial charge is 0.404 e. The Morgan fingerprint density at radius 2 is 1.85 bits per heavy atom. The second kappa shape index (κ2) is 8.62. The molecule has 0 radical (unpaired) electrons. The van der Waals surface area contributed by atoms with Crippen LogP contribution in [-0.4, -0.2) is 41.6 Å². The van der Waals surface area contributed by atoms with Gasteiger partial charge < -0.3 is 15.3 Å². The van der Waals surface area contributed by atoms with Crippen molar-refractivity contribution in [2.24, 2.45) is 17.8 Å². The molecule has 0 bridgehead atoms. The van der Waals surface area contributed by atoms with Gasteiger partial charge in [0.2, 0.25) is 5.91 Å². The van der Waals surface area contributed by atoms with Crippen molar-refractivity contribution < 1.29 is 14.7 Å². The molecule has 1 saturated carbocycles. The zero-order valence-corrected chi connectivity index (χ0v) is 15.9. The third-order valence-electron chi connectivity index (χ3n) is 5.83. The predicted molar refractivity (Wildman–Crippen MR) is 101 cm³/mol. The molecule has 1 aromatic rings. The summed E-state index contributed by atoms with van der Waals surface area (Å²) >= 11 is 5.98. The van der Waals surface area contributed by atoms with Crippen molar-refractivity contribution in [3.05, 3.63) is 34.9 Å². The number of nitrogens with zero attached hydrogens (tertiary/aromatic N) is 2. The number of carboxylic acid groups (broad SMARTS) is 1. The number of amides is 2. The molecule has 1 aromatic carbocycles. The summed E-state index contributed by atoms with van der Waals surface area (Å²) in [4.78, 5) is 25.8. The van der Waals surface area contributed by atoms with Crippen molar-refractivity contribution in [1.29, 1.82) is 5.26 Å². The van der Waals surface area contributed by atoms with Gasteiger partial charge in [0.05, 0.1) is 6.07 Å². The summed E-state index contributed by atoms with van der Waals surface area (Å²) < 4.78 is 0. The summed E-state index contributed by atoms with van der Waals surface area (Å²) in [5.41, 5.74) is 1.07. The quantitative estimate of drug-likeness (QED) is 0.824. The van der Waals surface area contributed by atoms with Gasteiger partial charge in [0.15, 0.2) is 0 Å². The van der Waals surface area contributed by atoms with E-state index in [2.05, 4.69) is 11.4 Å². The van der Waals surface area contributed by atoms with Gasteiger partial charge in [0.25, 0.3) is 0 Å². The molecule has 2 N–H and O–H groups in total. The van der Waals surface area contributed by atoms with Gasteiger partial charge in [-0.05, 0) is 43.4 Å². The third-order valence-corrected chi connectivity index (χ3v) is 6.08. The van der Waals surface area contributed by atoms with Crippen LogP contribution in [0.1, 0.15) is 37.2 Å². The second-order valence-corrected chi connectivity index (χ2v) is 7.96. The summed E-state index contributed by atoms with van der Waals surface area (Å²) in [6, 6.07) is 9.85. The first kappa shape index (κ1) is 19.5. The van der Waals surface area contributed by atoms with Crippen LogP contribution >= 0.6 is 11.6 Å². The van der Waals surface area contributed by atoms with E-state index >= 15 is 0 Å². The maximum Gasteiger partial charge on any atom is 0.404 e. The number of hydrogen-bond donors (Lipinski definition) is 2. The van der Waals surface area contributed by atoms with E-state index in [1.54, 1.807) is 0 Å². The van der Waals surface area contributed by atoms with Crippen LogP contribution in [0.4, 0.5) is 4.79 Å². The number of nitriles is 1. The zero-order valence-electron chi connectivity index (χ0n) is 15.1. The highest BCUT2D eigenvalue weighted by Crippen LogP contribution is 2.36. The van der Waals surface area contributed by atoms with E-state index in [0.29, 0.717) is 24.7 Å². The van der Waals surface area contributed by atoms with Crippen LogP contribution in [0.2, 0.25) is 5.02 Å². The lowest BCUT2D eigenvalue weighted by molar-refractivity contribution is -0.135. The SMILES string of the molecule is N#CC1CCC(C(=O)N2C[C@H](CNC(=O)O)[C@H](c3ccc(Cl)cc3)C2)CC1. The van der Waals surface area contributed by atoms with Crippen molar-refractivity contribution in [3.63, 3.8) is 0 Å². The average Bonchev–Trinajstić information content (AvgIpc) is 3.10. The number of rotatable bonds is 4. The van der Waals surface area contributed by atoms with Crippen LogP contribution in [0.5, 0.6) is 0 Å². The maximum atomic E-state index is 13.0. The Morgan fingerprint density at radius 3 is 2.44 bits per heavy atom. The lowest BCUT2D eigenvalue weighted by Crippen LogP contribution is -2.37. The molecule has 1 saturated heterocycles. The number of nitrogens with one attached hydrogen (secondary N) is 1. The van der Waals surface area contributed by atoms with Crippen LogP contribution in [0.15, 0.2) is 24.3 Å². The van der Waals surface area contributed by atoms with Crippen molar-refractivity contribution in [1.82, 2.24) is 10.2 Å². The molecule has 27 heavy (non-hydrogen) atoms. The topological polar surface area (TPSA) is 93.4 Å². The van der Waals surface area contributed by atoms with E-state index in [0.717, 1.165) is 31.2 Å². The molecule has 2 atom stereocenters. The number of benzene rings is 1. The lowest BCUT2D eigenvalue weighted by atomic mass is 9.82. The van der Waals surface area contributed by atoms with Crippen molar-refractivity contribution in [3.8, 4) is 6.07 Å². The Labute approximate surface area is 164 Å². The van der Waals surface area contributed by atoms with Crippen LogP contribution in [0.25, 0.3) is 0 Å². The van der Waals surface area contributed by atoms with Crippen LogP contribution in [-0.2, 0) is 4.79 Å². The number of carbonyl (C=O) groups is 2. The summed E-state index contributed by atoms with van der Waals surface area (Å²) in [6.07, 6.45) is 2.04. The summed E-state index contributed by atoms with van der Waals surface area (Å²) in [5.74, 6) is 0.298. The van der Waals surface area contributed by atoms with Gasteiger partial charge in [-0.1, -0.05) is 23.7 Å². The van der Waals surface area contributed by atoms with Gasteiger partial charge in [-0.15, -0.1) is 0 Å². The normalized spacial score (nSPS) is 27.8. The lowest BCUT2D eigenvalue weighted by Gasteiger charge is -2.28. The van der Waals surface area contributed by atoms with E-state index in [1.807, 2.05) is 29.2 Å². The monoisotopic (exact) mass is 389 g/mol. The van der Waals surface area contributed by atoms with Gasteiger partial charge in [-0.3, -0.25) is 4.79 Å². The van der Waals surface area contributed by atoms with E-state index in [1.165, 1.54) is 0 Å². The van der Waals surface area contributed by atoms with Crippen molar-refractivity contribution in [2.45, 2.75) is 31.6 Å². The fourth-order valence-corrected chi connectivity index (χ4v) is 4.42. The fraction of sp³-hybridized carbons (Fsp3) is 0.550. The molecular formula is C20H24ClN3O3. The molecule has 0 aromatic heterocycles. The summed E-state index contributed by atoms with van der Waals surface area (Å²) in [5, 5.41) is 21.1. The van der Waals surface area contributed by atoms with Gasteiger partial charge in [0, 0.05) is 48.3 Å². The molecule has 3 rings (SSSR count). The van der Waals surface area contributed by atoms with Gasteiger partial charge in [0.1, 0.15) is 0 Å². The molecule has 2 aliphatic rings. The third kappa shape index (κ3) is 4.72. The molecule has 2 fully saturated rings. The fourth-order valence-electron chi connectivity index (χ4n) is 4.29. The van der Waals surface area contributed by atoms with E-state index in [-0.39, 0.29) is 29.6 Å². The van der Waals surface area contributed by atoms with Crippen LogP contribution in [0, 0.1) is 29.1 Å². The molecule has 1 heterocycles. The second-order valence-electron chi connectivity index (χ2n) is 7.53. The van der Waals surface area contributed by atoms with E-state index in [9.17, 15) is 9.59 Å². The molecule has 0 spiro atoms. The minimum absolute atomic E-state index is 0.0216. The largest absolute Gasteiger partial charge is 0.465 e. The molecular weight excluding hydrogens is 366 g/mol. The zero-order chi connectivity index (χ0) is 19.4. The van der Waals surface area contributed by atoms with Gasteiger partial charge in [-0.25, -0.2) is 4.79 Å². The average molecular weight is 390 g/mol. The summed E-state index contributed by atoms with van der Waals surface area (Å²) in [6.45, 7) is 1.45. The standard InChI is InChI=1S/C20H24ClN3O3/c21-17-7-5-14(6-8-17)18-12-24(11-16(18)10-23-20(26)27)19(25)15-3-1-13(9-22)2-4-15/h5-8,13,15-16,18,23H,1-4,10-12H2,(H,26,27)/t13?,15?,16-,18-/m0/s1. The number of carbonyl (C=O) groups excluding carboxylic acids is 1. The molecule has 1 aliphatic heterocycles. The minimum atomic E-state index is -1.05. The number of halogens is 1. The Morgan fingerprint density at radius 1 is 1.19 bits per heavy atom. The first-order valence-electron chi connectivity index (χ1n) is 9.38. The maximum absolute atomic E-state index is 13.0. The Hall–Kier alpha value is -2.26. The van der Waals surface area contributed by atoms with Crippen molar-refractivity contribution >= 4 is 23.6 Å².